The van der Waals surface area contributed by atoms with Crippen LogP contribution in [0.15, 0.2) is 24.3 Å². The molecule has 1 N–H and O–H groups in total. The van der Waals surface area contributed by atoms with Gasteiger partial charge in [0, 0.05) is 31.0 Å². The van der Waals surface area contributed by atoms with E-state index in [4.69, 9.17) is 4.74 Å². The van der Waals surface area contributed by atoms with E-state index in [9.17, 15) is 4.79 Å². The fourth-order valence-corrected chi connectivity index (χ4v) is 5.12. The van der Waals surface area contributed by atoms with Crippen molar-refractivity contribution >= 4 is 5.91 Å². The SMILES string of the molecule is CCOc1ccccc1C(CC)NC(=O)CN1CCCC(c2nnc3n2CCCCC3)C1. The lowest BCUT2D eigenvalue weighted by molar-refractivity contribution is -0.123. The van der Waals surface area contributed by atoms with Gasteiger partial charge in [-0.1, -0.05) is 31.5 Å². The molecule has 0 bridgehead atoms. The predicted molar refractivity (Wildman–Crippen MR) is 125 cm³/mol. The van der Waals surface area contributed by atoms with Gasteiger partial charge in [0.25, 0.3) is 0 Å². The lowest BCUT2D eigenvalue weighted by Crippen LogP contribution is -2.43. The second-order valence-corrected chi connectivity index (χ2v) is 9.01. The minimum absolute atomic E-state index is 0.0434. The van der Waals surface area contributed by atoms with Crippen LogP contribution in [0.1, 0.15) is 81.5 Å². The minimum atomic E-state index is -0.0434. The number of rotatable bonds is 8. The number of fused-ring (bicyclic) bond motifs is 1. The molecule has 1 aromatic carbocycles. The fourth-order valence-electron chi connectivity index (χ4n) is 5.12. The van der Waals surface area contributed by atoms with Crippen LogP contribution >= 0.6 is 0 Å². The summed E-state index contributed by atoms with van der Waals surface area (Å²) in [5.41, 5.74) is 1.05. The summed E-state index contributed by atoms with van der Waals surface area (Å²) in [6.07, 6.45) is 7.75. The molecule has 2 aliphatic heterocycles. The number of ether oxygens (including phenoxy) is 1. The zero-order valence-corrected chi connectivity index (χ0v) is 19.6. The molecule has 2 atom stereocenters. The summed E-state index contributed by atoms with van der Waals surface area (Å²) in [7, 11) is 0. The summed E-state index contributed by atoms with van der Waals surface area (Å²) in [4.78, 5) is 15.2. The van der Waals surface area contributed by atoms with Crippen LogP contribution in [-0.4, -0.2) is 51.8 Å². The minimum Gasteiger partial charge on any atom is -0.494 e. The third-order valence-corrected chi connectivity index (χ3v) is 6.71. The van der Waals surface area contributed by atoms with Crippen LogP contribution in [0.25, 0.3) is 0 Å². The number of benzene rings is 1. The summed E-state index contributed by atoms with van der Waals surface area (Å²) in [5, 5.41) is 12.3. The van der Waals surface area contributed by atoms with Crippen LogP contribution in [0.3, 0.4) is 0 Å². The molecule has 7 heteroatoms. The molecule has 1 aromatic heterocycles. The third-order valence-electron chi connectivity index (χ3n) is 6.71. The van der Waals surface area contributed by atoms with Gasteiger partial charge in [-0.25, -0.2) is 0 Å². The van der Waals surface area contributed by atoms with E-state index in [-0.39, 0.29) is 11.9 Å². The summed E-state index contributed by atoms with van der Waals surface area (Å²) in [6, 6.07) is 7.96. The number of amides is 1. The molecule has 2 aromatic rings. The molecular weight excluding hydrogens is 402 g/mol. The van der Waals surface area contributed by atoms with Gasteiger partial charge in [-0.05, 0) is 51.6 Å². The third kappa shape index (κ3) is 5.31. The Morgan fingerprint density at radius 1 is 1.16 bits per heavy atom. The number of carbonyl (C=O) groups excluding carboxylic acids is 1. The molecule has 0 saturated carbocycles. The Balaban J connectivity index is 1.38. The topological polar surface area (TPSA) is 72.3 Å². The number of carbonyl (C=O) groups is 1. The highest BCUT2D eigenvalue weighted by Gasteiger charge is 2.28. The van der Waals surface area contributed by atoms with Crippen molar-refractivity contribution in [2.75, 3.05) is 26.2 Å². The van der Waals surface area contributed by atoms with Crippen LogP contribution in [0.5, 0.6) is 5.75 Å². The first-order valence-corrected chi connectivity index (χ1v) is 12.3. The molecule has 2 aliphatic rings. The summed E-state index contributed by atoms with van der Waals surface area (Å²) in [6.45, 7) is 7.98. The zero-order chi connectivity index (χ0) is 22.3. The van der Waals surface area contributed by atoms with Crippen molar-refractivity contribution in [3.63, 3.8) is 0 Å². The molecule has 1 saturated heterocycles. The van der Waals surface area contributed by atoms with E-state index in [1.54, 1.807) is 0 Å². The maximum Gasteiger partial charge on any atom is 0.234 e. The average Bonchev–Trinajstić information content (AvgIpc) is 3.06. The monoisotopic (exact) mass is 439 g/mol. The van der Waals surface area contributed by atoms with Gasteiger partial charge in [-0.15, -0.1) is 10.2 Å². The summed E-state index contributed by atoms with van der Waals surface area (Å²) >= 11 is 0. The molecule has 7 nitrogen and oxygen atoms in total. The largest absolute Gasteiger partial charge is 0.494 e. The lowest BCUT2D eigenvalue weighted by atomic mass is 9.97. The normalized spacial score (nSPS) is 20.2. The Labute approximate surface area is 191 Å². The average molecular weight is 440 g/mol. The highest BCUT2D eigenvalue weighted by atomic mass is 16.5. The molecule has 32 heavy (non-hydrogen) atoms. The number of hydrogen-bond donors (Lipinski definition) is 1. The number of nitrogens with one attached hydrogen (secondary N) is 1. The van der Waals surface area contributed by atoms with Crippen LogP contribution in [-0.2, 0) is 17.8 Å². The molecule has 0 aliphatic carbocycles. The van der Waals surface area contributed by atoms with E-state index in [1.807, 2.05) is 31.2 Å². The Kier molecular flexibility index (Phi) is 7.79. The molecule has 0 spiro atoms. The van der Waals surface area contributed by atoms with E-state index >= 15 is 0 Å². The van der Waals surface area contributed by atoms with Crippen LogP contribution in [0.4, 0.5) is 0 Å². The number of nitrogens with zero attached hydrogens (tertiary/aromatic N) is 4. The Morgan fingerprint density at radius 2 is 2.03 bits per heavy atom. The van der Waals surface area contributed by atoms with Gasteiger partial charge >= 0.3 is 0 Å². The highest BCUT2D eigenvalue weighted by Crippen LogP contribution is 2.29. The lowest BCUT2D eigenvalue weighted by Gasteiger charge is -2.32. The standard InChI is InChI=1S/C25H37N5O2/c1-3-21(20-12-7-8-13-22(20)32-4-2)26-24(31)18-29-15-10-11-19(17-29)25-28-27-23-14-6-5-9-16-30(23)25/h7-8,12-13,19,21H,3-6,9-11,14-18H2,1-2H3,(H,26,31). The molecule has 3 heterocycles. The van der Waals surface area contributed by atoms with Gasteiger partial charge in [-0.2, -0.15) is 0 Å². The number of hydrogen-bond acceptors (Lipinski definition) is 5. The van der Waals surface area contributed by atoms with Crippen LogP contribution < -0.4 is 10.1 Å². The maximum absolute atomic E-state index is 13.0. The second-order valence-electron chi connectivity index (χ2n) is 9.01. The van der Waals surface area contributed by atoms with Crippen LogP contribution in [0.2, 0.25) is 0 Å². The van der Waals surface area contributed by atoms with Gasteiger partial charge in [-0.3, -0.25) is 9.69 Å². The van der Waals surface area contributed by atoms with Crippen molar-refractivity contribution in [2.24, 2.45) is 0 Å². The predicted octanol–water partition coefficient (Wildman–Crippen LogP) is 3.85. The van der Waals surface area contributed by atoms with Gasteiger partial charge in [0.1, 0.15) is 17.4 Å². The number of piperidine rings is 1. The van der Waals surface area contributed by atoms with Crippen LogP contribution in [0, 0.1) is 0 Å². The molecular formula is C25H37N5O2. The van der Waals surface area contributed by atoms with Crippen molar-refractivity contribution in [2.45, 2.75) is 77.3 Å². The second kappa shape index (κ2) is 10.9. The molecule has 1 amide bonds. The first kappa shape index (κ1) is 22.8. The number of likely N-dealkylation sites (tertiary alicyclic amines) is 1. The molecule has 0 radical (unpaired) electrons. The van der Waals surface area contributed by atoms with Crippen molar-refractivity contribution in [1.82, 2.24) is 25.0 Å². The Morgan fingerprint density at radius 3 is 2.88 bits per heavy atom. The number of para-hydroxylation sites is 1. The van der Waals surface area contributed by atoms with Gasteiger partial charge < -0.3 is 14.6 Å². The Bertz CT molecular complexity index is 896. The molecule has 174 valence electrons. The molecule has 2 unspecified atom stereocenters. The first-order chi connectivity index (χ1) is 15.7. The van der Waals surface area contributed by atoms with Gasteiger partial charge in [0.15, 0.2) is 0 Å². The smallest absolute Gasteiger partial charge is 0.234 e. The fraction of sp³-hybridized carbons (Fsp3) is 0.640. The maximum atomic E-state index is 13.0. The van der Waals surface area contributed by atoms with E-state index in [1.165, 1.54) is 19.3 Å². The van der Waals surface area contributed by atoms with E-state index in [0.717, 1.165) is 68.3 Å². The Hall–Kier alpha value is -2.41. The van der Waals surface area contributed by atoms with Gasteiger partial charge in [0.2, 0.25) is 5.91 Å². The number of aromatic nitrogens is 3. The van der Waals surface area contributed by atoms with Crippen molar-refractivity contribution < 1.29 is 9.53 Å². The van der Waals surface area contributed by atoms with E-state index in [2.05, 4.69) is 31.9 Å². The van der Waals surface area contributed by atoms with Crippen molar-refractivity contribution in [3.8, 4) is 5.75 Å². The van der Waals surface area contributed by atoms with Gasteiger partial charge in [0.05, 0.1) is 19.2 Å². The van der Waals surface area contributed by atoms with E-state index < -0.39 is 0 Å². The zero-order valence-electron chi connectivity index (χ0n) is 19.6. The molecule has 1 fully saturated rings. The quantitative estimate of drug-likeness (QED) is 0.676. The highest BCUT2D eigenvalue weighted by molar-refractivity contribution is 5.78. The van der Waals surface area contributed by atoms with E-state index in [0.29, 0.717) is 19.1 Å². The summed E-state index contributed by atoms with van der Waals surface area (Å²) < 4.78 is 8.14. The molecule has 4 rings (SSSR count). The first-order valence-electron chi connectivity index (χ1n) is 12.3. The van der Waals surface area contributed by atoms with Crippen molar-refractivity contribution in [1.29, 1.82) is 0 Å². The number of aryl methyl sites for hydroxylation is 1. The summed E-state index contributed by atoms with van der Waals surface area (Å²) in [5.74, 6) is 3.56. The van der Waals surface area contributed by atoms with Crippen molar-refractivity contribution in [3.05, 3.63) is 41.5 Å².